The highest BCUT2D eigenvalue weighted by atomic mass is 16.6. The fourth-order valence-electron chi connectivity index (χ4n) is 7.89. The van der Waals surface area contributed by atoms with Crippen LogP contribution in [0.4, 0.5) is 0 Å². The molecule has 0 radical (unpaired) electrons. The molecule has 0 N–H and O–H groups in total. The van der Waals surface area contributed by atoms with Crippen molar-refractivity contribution >= 4 is 17.7 Å². The van der Waals surface area contributed by atoms with Crippen molar-refractivity contribution in [2.24, 2.45) is 28.1 Å². The van der Waals surface area contributed by atoms with E-state index in [4.69, 9.17) is 9.47 Å². The molecule has 5 rings (SSSR count). The number of Topliss-reactive ketones (excluding diaryl/α,β-unsaturated/α-hetero) is 1. The highest BCUT2D eigenvalue weighted by Crippen LogP contribution is 2.70. The predicted octanol–water partition coefficient (Wildman–Crippen LogP) is 5.68. The Morgan fingerprint density at radius 1 is 0.971 bits per heavy atom. The number of ether oxygens (including phenoxy) is 2. The van der Waals surface area contributed by atoms with E-state index in [1.165, 1.54) is 18.1 Å². The summed E-state index contributed by atoms with van der Waals surface area (Å²) in [4.78, 5) is 39.0. The summed E-state index contributed by atoms with van der Waals surface area (Å²) in [5.74, 6) is -0.760. The van der Waals surface area contributed by atoms with Crippen LogP contribution >= 0.6 is 0 Å². The van der Waals surface area contributed by atoms with E-state index in [1.54, 1.807) is 12.1 Å². The van der Waals surface area contributed by atoms with E-state index >= 15 is 0 Å². The zero-order chi connectivity index (χ0) is 24.5. The van der Waals surface area contributed by atoms with Crippen molar-refractivity contribution < 1.29 is 23.9 Å². The van der Waals surface area contributed by atoms with E-state index in [-0.39, 0.29) is 33.9 Å². The SMILES string of the molecule is CC(=O)O[C@@H]1[C@H](OC(=O)c2ccccc2)[C@H]2C(=C(C)CCC2(C)C)[C@@]23CC[C@@](C)(C2)C(=O)C[C@H]13. The van der Waals surface area contributed by atoms with Gasteiger partial charge in [-0.05, 0) is 62.0 Å². The van der Waals surface area contributed by atoms with Gasteiger partial charge in [-0.3, -0.25) is 9.59 Å². The van der Waals surface area contributed by atoms with Crippen LogP contribution in [0, 0.1) is 28.1 Å². The predicted molar refractivity (Wildman–Crippen MR) is 128 cm³/mol. The van der Waals surface area contributed by atoms with Crippen LogP contribution in [0.15, 0.2) is 41.5 Å². The molecule has 1 spiro atoms. The first-order valence-electron chi connectivity index (χ1n) is 12.7. The molecule has 5 heteroatoms. The molecule has 182 valence electrons. The maximum Gasteiger partial charge on any atom is 0.338 e. The van der Waals surface area contributed by atoms with Gasteiger partial charge in [0, 0.05) is 30.6 Å². The lowest BCUT2D eigenvalue weighted by molar-refractivity contribution is -0.185. The second-order valence-electron chi connectivity index (χ2n) is 12.1. The van der Waals surface area contributed by atoms with Crippen molar-refractivity contribution in [2.75, 3.05) is 0 Å². The first kappa shape index (κ1) is 23.3. The molecule has 5 nitrogen and oxygen atoms in total. The molecule has 6 atom stereocenters. The number of ketones is 1. The molecule has 3 fully saturated rings. The molecular weight excluding hydrogens is 428 g/mol. The van der Waals surface area contributed by atoms with Gasteiger partial charge in [0.15, 0.2) is 0 Å². The Hall–Kier alpha value is -2.43. The van der Waals surface area contributed by atoms with Crippen molar-refractivity contribution in [3.63, 3.8) is 0 Å². The summed E-state index contributed by atoms with van der Waals surface area (Å²) in [5.41, 5.74) is 2.62. The zero-order valence-corrected chi connectivity index (χ0v) is 21.0. The number of hydrogen-bond donors (Lipinski definition) is 0. The van der Waals surface area contributed by atoms with E-state index in [2.05, 4.69) is 27.7 Å². The third-order valence-corrected chi connectivity index (χ3v) is 9.51. The topological polar surface area (TPSA) is 69.7 Å². The minimum Gasteiger partial charge on any atom is -0.458 e. The third kappa shape index (κ3) is 3.37. The van der Waals surface area contributed by atoms with Gasteiger partial charge in [0.2, 0.25) is 0 Å². The first-order chi connectivity index (χ1) is 16.0. The highest BCUT2D eigenvalue weighted by molar-refractivity contribution is 5.90. The van der Waals surface area contributed by atoms with Crippen molar-refractivity contribution in [3.8, 4) is 0 Å². The number of hydrogen-bond acceptors (Lipinski definition) is 5. The van der Waals surface area contributed by atoms with Crippen LogP contribution in [0.1, 0.15) is 83.5 Å². The summed E-state index contributed by atoms with van der Waals surface area (Å²) >= 11 is 0. The van der Waals surface area contributed by atoms with Crippen molar-refractivity contribution in [1.82, 2.24) is 0 Å². The number of allylic oxidation sites excluding steroid dienone is 1. The summed E-state index contributed by atoms with van der Waals surface area (Å²) in [6, 6.07) is 8.98. The molecule has 0 heterocycles. The first-order valence-corrected chi connectivity index (χ1v) is 12.7. The molecule has 0 saturated heterocycles. The lowest BCUT2D eigenvalue weighted by atomic mass is 9.46. The van der Waals surface area contributed by atoms with Crippen molar-refractivity contribution in [1.29, 1.82) is 0 Å². The summed E-state index contributed by atoms with van der Waals surface area (Å²) in [7, 11) is 0. The number of carbonyl (C=O) groups is 3. The van der Waals surface area contributed by atoms with Gasteiger partial charge in [-0.25, -0.2) is 4.79 Å². The highest BCUT2D eigenvalue weighted by Gasteiger charge is 2.69. The van der Waals surface area contributed by atoms with Crippen molar-refractivity contribution in [3.05, 3.63) is 47.0 Å². The maximum atomic E-state index is 13.3. The Kier molecular flexibility index (Phi) is 5.34. The van der Waals surface area contributed by atoms with E-state index < -0.39 is 24.1 Å². The van der Waals surface area contributed by atoms with Gasteiger partial charge in [0.05, 0.1) is 5.56 Å². The number of benzene rings is 1. The average Bonchev–Trinajstić information content (AvgIpc) is 3.09. The summed E-state index contributed by atoms with van der Waals surface area (Å²) in [5, 5.41) is 0. The minimum absolute atomic E-state index is 0.0509. The fourth-order valence-corrected chi connectivity index (χ4v) is 7.89. The zero-order valence-electron chi connectivity index (χ0n) is 21.0. The molecule has 2 bridgehead atoms. The summed E-state index contributed by atoms with van der Waals surface area (Å²) < 4.78 is 12.3. The van der Waals surface area contributed by atoms with Gasteiger partial charge < -0.3 is 9.47 Å². The lowest BCUT2D eigenvalue weighted by Crippen LogP contribution is -2.63. The van der Waals surface area contributed by atoms with Crippen molar-refractivity contribution in [2.45, 2.75) is 85.4 Å². The lowest BCUT2D eigenvalue weighted by Gasteiger charge is -2.60. The fraction of sp³-hybridized carbons (Fsp3) is 0.621. The molecule has 0 amide bonds. The quantitative estimate of drug-likeness (QED) is 0.425. The van der Waals surface area contributed by atoms with E-state index in [1.807, 2.05) is 18.2 Å². The Morgan fingerprint density at radius 2 is 1.68 bits per heavy atom. The Labute approximate surface area is 202 Å². The van der Waals surface area contributed by atoms with Gasteiger partial charge in [0.1, 0.15) is 18.0 Å². The number of carbonyl (C=O) groups excluding carboxylic acids is 3. The molecule has 1 aromatic rings. The van der Waals surface area contributed by atoms with Crippen LogP contribution in [0.3, 0.4) is 0 Å². The Morgan fingerprint density at radius 3 is 2.35 bits per heavy atom. The molecule has 34 heavy (non-hydrogen) atoms. The van der Waals surface area contributed by atoms with Gasteiger partial charge in [-0.1, -0.05) is 50.1 Å². The second kappa shape index (κ2) is 7.79. The number of fused-ring (bicyclic) bond motifs is 2. The van der Waals surface area contributed by atoms with Gasteiger partial charge in [-0.2, -0.15) is 0 Å². The average molecular weight is 465 g/mol. The maximum absolute atomic E-state index is 13.3. The normalized spacial score (nSPS) is 38.1. The monoisotopic (exact) mass is 464 g/mol. The molecule has 3 saturated carbocycles. The molecular formula is C29H36O5. The van der Waals surface area contributed by atoms with Crippen LogP contribution in [0.25, 0.3) is 0 Å². The Bertz CT molecular complexity index is 1070. The summed E-state index contributed by atoms with van der Waals surface area (Å²) in [6.45, 7) is 10.2. The van der Waals surface area contributed by atoms with Crippen LogP contribution in [-0.4, -0.2) is 29.9 Å². The van der Waals surface area contributed by atoms with Gasteiger partial charge in [-0.15, -0.1) is 0 Å². The third-order valence-electron chi connectivity index (χ3n) is 9.51. The van der Waals surface area contributed by atoms with Crippen LogP contribution in [-0.2, 0) is 19.1 Å². The molecule has 1 aromatic carbocycles. The molecule has 4 aliphatic rings. The van der Waals surface area contributed by atoms with E-state index in [0.717, 1.165) is 32.1 Å². The largest absolute Gasteiger partial charge is 0.458 e. The van der Waals surface area contributed by atoms with Gasteiger partial charge >= 0.3 is 11.9 Å². The number of rotatable bonds is 3. The molecule has 0 aromatic heterocycles. The van der Waals surface area contributed by atoms with Crippen LogP contribution in [0.5, 0.6) is 0 Å². The standard InChI is InChI=1S/C29H36O5/c1-17-11-12-27(3,4)23-22(17)29-14-13-28(5,16-29)21(31)15-20(29)24(33-18(2)30)25(23)34-26(32)19-9-7-6-8-10-19/h6-10,20,23-25H,11-16H2,1-5H3/t20-,23-,24+,25-,28+,29+/m1/s1. The molecule has 0 unspecified atom stereocenters. The minimum atomic E-state index is -0.629. The Balaban J connectivity index is 1.67. The van der Waals surface area contributed by atoms with Crippen LogP contribution < -0.4 is 0 Å². The molecule has 4 aliphatic carbocycles. The number of esters is 2. The van der Waals surface area contributed by atoms with Gasteiger partial charge in [0.25, 0.3) is 0 Å². The van der Waals surface area contributed by atoms with Crippen LogP contribution in [0.2, 0.25) is 0 Å². The van der Waals surface area contributed by atoms with E-state index in [0.29, 0.717) is 12.0 Å². The summed E-state index contributed by atoms with van der Waals surface area (Å²) in [6.07, 6.45) is 3.72. The van der Waals surface area contributed by atoms with E-state index in [9.17, 15) is 14.4 Å². The second-order valence-corrected chi connectivity index (χ2v) is 12.1. The molecule has 0 aliphatic heterocycles. The smallest absolute Gasteiger partial charge is 0.338 e.